The molecule has 1 fully saturated rings. The molecule has 2 unspecified atom stereocenters. The summed E-state index contributed by atoms with van der Waals surface area (Å²) in [5.74, 6) is -0.296. The van der Waals surface area contributed by atoms with Crippen LogP contribution in [0, 0.1) is 10.1 Å². The van der Waals surface area contributed by atoms with Gasteiger partial charge in [0.05, 0.1) is 4.92 Å². The number of benzene rings is 2. The van der Waals surface area contributed by atoms with E-state index < -0.39 is 17.1 Å². The fraction of sp³-hybridized carbons (Fsp3) is 0.263. The average molecular weight is 401 g/mol. The normalized spacial score (nSPS) is 18.5. The summed E-state index contributed by atoms with van der Waals surface area (Å²) in [6.45, 7) is 0.257. The predicted octanol–water partition coefficient (Wildman–Crippen LogP) is 3.24. The van der Waals surface area contributed by atoms with Gasteiger partial charge in [0, 0.05) is 29.6 Å². The minimum absolute atomic E-state index is 0.0369. The highest BCUT2D eigenvalue weighted by Gasteiger charge is 2.39. The number of thiol groups is 1. The van der Waals surface area contributed by atoms with Crippen molar-refractivity contribution in [3.05, 3.63) is 70.3 Å². The molecule has 1 N–H and O–H groups in total. The highest BCUT2D eigenvalue weighted by atomic mass is 32.1. The third kappa shape index (κ3) is 4.80. The first-order valence-corrected chi connectivity index (χ1v) is 9.16. The average Bonchev–Trinajstić information content (AvgIpc) is 3.09. The molecule has 28 heavy (non-hydrogen) atoms. The Balaban J connectivity index is 1.60. The van der Waals surface area contributed by atoms with Gasteiger partial charge in [-0.15, -0.1) is 0 Å². The summed E-state index contributed by atoms with van der Waals surface area (Å²) in [4.78, 5) is 36.6. The number of non-ortho nitro benzene ring substituents is 1. The molecule has 2 amide bonds. The summed E-state index contributed by atoms with van der Waals surface area (Å²) in [5.41, 5.74) is 1.23. The summed E-state index contributed by atoms with van der Waals surface area (Å²) < 4.78 is 5.29. The Morgan fingerprint density at radius 2 is 1.86 bits per heavy atom. The smallest absolute Gasteiger partial charge is 0.410 e. The van der Waals surface area contributed by atoms with Gasteiger partial charge in [0.1, 0.15) is 12.6 Å². The van der Waals surface area contributed by atoms with Gasteiger partial charge in [0.25, 0.3) is 5.69 Å². The maximum Gasteiger partial charge on any atom is 0.410 e. The van der Waals surface area contributed by atoms with Crippen LogP contribution in [0.2, 0.25) is 0 Å². The van der Waals surface area contributed by atoms with Crippen LogP contribution in [0.4, 0.5) is 16.2 Å². The van der Waals surface area contributed by atoms with Crippen molar-refractivity contribution in [2.24, 2.45) is 0 Å². The molecule has 2 atom stereocenters. The zero-order chi connectivity index (χ0) is 20.1. The molecule has 9 heteroatoms. The topological polar surface area (TPSA) is 102 Å². The molecule has 0 radical (unpaired) electrons. The third-order valence-corrected chi connectivity index (χ3v) is 4.74. The van der Waals surface area contributed by atoms with E-state index in [9.17, 15) is 19.7 Å². The first kappa shape index (κ1) is 19.7. The lowest BCUT2D eigenvalue weighted by Gasteiger charge is -2.23. The molecule has 2 aromatic rings. The zero-order valence-corrected chi connectivity index (χ0v) is 15.7. The lowest BCUT2D eigenvalue weighted by atomic mass is 10.2. The Kier molecular flexibility index (Phi) is 6.15. The van der Waals surface area contributed by atoms with Crippen molar-refractivity contribution >= 4 is 36.0 Å². The summed E-state index contributed by atoms with van der Waals surface area (Å²) in [7, 11) is 0. The van der Waals surface area contributed by atoms with E-state index in [1.165, 1.54) is 29.2 Å². The lowest BCUT2D eigenvalue weighted by Crippen LogP contribution is -2.43. The van der Waals surface area contributed by atoms with E-state index in [1.807, 2.05) is 18.2 Å². The molecular weight excluding hydrogens is 382 g/mol. The van der Waals surface area contributed by atoms with E-state index in [0.29, 0.717) is 24.2 Å². The van der Waals surface area contributed by atoms with E-state index in [0.717, 1.165) is 0 Å². The highest BCUT2D eigenvalue weighted by Crippen LogP contribution is 2.24. The van der Waals surface area contributed by atoms with Crippen LogP contribution in [0.5, 0.6) is 0 Å². The summed E-state index contributed by atoms with van der Waals surface area (Å²) in [6, 6.07) is 14.1. The van der Waals surface area contributed by atoms with Crippen molar-refractivity contribution in [1.82, 2.24) is 4.90 Å². The molecule has 8 nitrogen and oxygen atoms in total. The maximum absolute atomic E-state index is 12.6. The van der Waals surface area contributed by atoms with Gasteiger partial charge in [-0.05, 0) is 36.2 Å². The minimum atomic E-state index is -0.674. The molecular formula is C19H19N3O5S. The quantitative estimate of drug-likeness (QED) is 0.455. The Hall–Kier alpha value is -3.07. The first-order valence-electron chi connectivity index (χ1n) is 8.65. The number of rotatable bonds is 5. The number of nitrogens with zero attached hydrogens (tertiary/aromatic N) is 2. The number of carbonyl (C=O) groups excluding carboxylic acids is 2. The van der Waals surface area contributed by atoms with Crippen molar-refractivity contribution in [3.63, 3.8) is 0 Å². The molecule has 0 saturated carbocycles. The van der Waals surface area contributed by atoms with Crippen LogP contribution in [0.25, 0.3) is 0 Å². The number of para-hydroxylation sites is 1. The monoisotopic (exact) mass is 401 g/mol. The predicted molar refractivity (Wildman–Crippen MR) is 106 cm³/mol. The molecule has 0 bridgehead atoms. The van der Waals surface area contributed by atoms with Crippen LogP contribution in [0.1, 0.15) is 12.0 Å². The summed E-state index contributed by atoms with van der Waals surface area (Å²) >= 11 is 4.40. The van der Waals surface area contributed by atoms with Crippen molar-refractivity contribution in [3.8, 4) is 0 Å². The number of anilines is 1. The van der Waals surface area contributed by atoms with E-state index in [-0.39, 0.29) is 23.5 Å². The number of amides is 2. The van der Waals surface area contributed by atoms with Crippen LogP contribution < -0.4 is 5.32 Å². The van der Waals surface area contributed by atoms with E-state index in [4.69, 9.17) is 4.74 Å². The van der Waals surface area contributed by atoms with Crippen molar-refractivity contribution < 1.29 is 19.2 Å². The van der Waals surface area contributed by atoms with Crippen LogP contribution in [-0.4, -0.2) is 39.7 Å². The Morgan fingerprint density at radius 3 is 2.50 bits per heavy atom. The van der Waals surface area contributed by atoms with Gasteiger partial charge in [-0.1, -0.05) is 18.2 Å². The number of nitrogens with one attached hydrogen (secondary N) is 1. The molecule has 1 saturated heterocycles. The van der Waals surface area contributed by atoms with Crippen LogP contribution >= 0.6 is 12.6 Å². The van der Waals surface area contributed by atoms with E-state index in [1.54, 1.807) is 12.1 Å². The maximum atomic E-state index is 12.6. The fourth-order valence-corrected chi connectivity index (χ4v) is 3.33. The lowest BCUT2D eigenvalue weighted by molar-refractivity contribution is -0.384. The van der Waals surface area contributed by atoms with Gasteiger partial charge in [-0.3, -0.25) is 19.8 Å². The second-order valence-electron chi connectivity index (χ2n) is 6.39. The number of nitro groups is 1. The largest absolute Gasteiger partial charge is 0.445 e. The zero-order valence-electron chi connectivity index (χ0n) is 14.9. The van der Waals surface area contributed by atoms with E-state index >= 15 is 0 Å². The molecule has 0 aromatic heterocycles. The van der Waals surface area contributed by atoms with Gasteiger partial charge in [0.2, 0.25) is 5.91 Å². The Labute approximate surface area is 167 Å². The highest BCUT2D eigenvalue weighted by molar-refractivity contribution is 7.81. The van der Waals surface area contributed by atoms with Gasteiger partial charge in [-0.25, -0.2) is 4.79 Å². The molecule has 3 rings (SSSR count). The molecule has 1 aliphatic heterocycles. The van der Waals surface area contributed by atoms with Gasteiger partial charge < -0.3 is 10.1 Å². The minimum Gasteiger partial charge on any atom is -0.445 e. The summed E-state index contributed by atoms with van der Waals surface area (Å²) in [5, 5.41) is 13.3. The van der Waals surface area contributed by atoms with Crippen LogP contribution in [0.15, 0.2) is 54.6 Å². The van der Waals surface area contributed by atoms with Crippen LogP contribution in [0.3, 0.4) is 0 Å². The molecule has 0 spiro atoms. The van der Waals surface area contributed by atoms with Crippen molar-refractivity contribution in [1.29, 1.82) is 0 Å². The van der Waals surface area contributed by atoms with Gasteiger partial charge in [-0.2, -0.15) is 12.6 Å². The SMILES string of the molecule is O=C(Nc1ccccc1)C1CC(S)CN1C(=O)OCc1ccc([N+](=O)[O-])cc1. The molecule has 1 heterocycles. The standard InChI is InChI=1S/C19H19N3O5S/c23-18(20-14-4-2-1-3-5-14)17-10-16(28)11-21(17)19(24)27-12-13-6-8-15(9-7-13)22(25)26/h1-9,16-17,28H,10-12H2,(H,20,23). The first-order chi connectivity index (χ1) is 13.4. The van der Waals surface area contributed by atoms with Gasteiger partial charge in [0.15, 0.2) is 0 Å². The molecule has 0 aliphatic carbocycles. The summed E-state index contributed by atoms with van der Waals surface area (Å²) in [6.07, 6.45) is -0.197. The third-order valence-electron chi connectivity index (χ3n) is 4.37. The number of hydrogen-bond acceptors (Lipinski definition) is 6. The number of likely N-dealkylation sites (tertiary alicyclic amines) is 1. The molecule has 2 aromatic carbocycles. The fourth-order valence-electron chi connectivity index (χ4n) is 2.95. The van der Waals surface area contributed by atoms with Crippen molar-refractivity contribution in [2.45, 2.75) is 24.3 Å². The van der Waals surface area contributed by atoms with Gasteiger partial charge >= 0.3 is 6.09 Å². The second kappa shape index (κ2) is 8.75. The molecule has 146 valence electrons. The number of carbonyl (C=O) groups is 2. The number of ether oxygens (including phenoxy) is 1. The van der Waals surface area contributed by atoms with E-state index in [2.05, 4.69) is 17.9 Å². The number of nitro benzene ring substituents is 1. The van der Waals surface area contributed by atoms with Crippen LogP contribution in [-0.2, 0) is 16.1 Å². The Bertz CT molecular complexity index is 860. The second-order valence-corrected chi connectivity index (χ2v) is 7.12. The number of hydrogen-bond donors (Lipinski definition) is 2. The molecule has 1 aliphatic rings. The Morgan fingerprint density at radius 1 is 1.18 bits per heavy atom. The van der Waals surface area contributed by atoms with Crippen molar-refractivity contribution in [2.75, 3.05) is 11.9 Å².